The number of ether oxygens (including phenoxy) is 5. The molecule has 1 aliphatic carbocycles. The number of allylic oxidation sites excluding steroid dienone is 6. The summed E-state index contributed by atoms with van der Waals surface area (Å²) in [4.78, 5) is 72.2. The van der Waals surface area contributed by atoms with E-state index < -0.39 is 85.1 Å². The molecule has 4 rings (SSSR count). The number of piperidine rings is 1. The second-order valence-corrected chi connectivity index (χ2v) is 23.6. The number of rotatable bonds is 8. The lowest BCUT2D eigenvalue weighted by Gasteiger charge is -2.42. The molecule has 0 aromatic heterocycles. The number of amides is 1. The van der Waals surface area contributed by atoms with Crippen molar-refractivity contribution in [2.45, 2.75) is 180 Å². The number of esters is 1. The number of fused-ring (bicyclic) bond motifs is 3. The molecule has 4 aliphatic rings. The first-order valence-corrected chi connectivity index (χ1v) is 27.7. The average molecular weight is 990 g/mol. The second-order valence-electron chi connectivity index (χ2n) is 20.9. The zero-order valence-electron chi connectivity index (χ0n) is 43.4. The molecule has 2 bridgehead atoms. The number of carbonyl (C=O) groups is 5. The fourth-order valence-electron chi connectivity index (χ4n) is 10.5. The van der Waals surface area contributed by atoms with Gasteiger partial charge in [-0.25, -0.2) is 4.79 Å². The third-order valence-corrected chi connectivity index (χ3v) is 15.6. The number of carbonyl (C=O) groups excluding carboxylic acids is 5. The molecular weight excluding hydrogens is 906 g/mol. The van der Waals surface area contributed by atoms with Gasteiger partial charge in [0.05, 0.1) is 24.4 Å². The summed E-state index contributed by atoms with van der Waals surface area (Å²) in [5.74, 6) is -8.11. The van der Waals surface area contributed by atoms with Crippen LogP contribution in [0, 0.1) is 35.5 Å². The summed E-state index contributed by atoms with van der Waals surface area (Å²) < 4.78 is 48.2. The first-order valence-electron chi connectivity index (χ1n) is 25.2. The first kappa shape index (κ1) is 58.4. The Morgan fingerprint density at radius 3 is 2.22 bits per heavy atom. The molecule has 15 nitrogen and oxygen atoms in total. The lowest BCUT2D eigenvalue weighted by atomic mass is 9.78. The lowest BCUT2D eigenvalue weighted by molar-refractivity contribution is -0.265. The Kier molecular flexibility index (Phi) is 22.5. The van der Waals surface area contributed by atoms with Crippen LogP contribution in [0.4, 0.5) is 0 Å². The number of methoxy groups -OCH3 is 3. The largest absolute Gasteiger partial charge is 0.460 e. The number of hydrogen-bond donors (Lipinski definition) is 2. The molecule has 3 fully saturated rings. The fraction of sp³-hybridized carbons (Fsp3) is 0.755. The Balaban J connectivity index is 1.70. The molecule has 3 heterocycles. The van der Waals surface area contributed by atoms with Crippen LogP contribution in [-0.4, -0.2) is 140 Å². The summed E-state index contributed by atoms with van der Waals surface area (Å²) in [6.07, 6.45) is 11.4. The summed E-state index contributed by atoms with van der Waals surface area (Å²) >= 11 is 0. The number of aliphatic hydroxyl groups excluding tert-OH is 1. The first-order chi connectivity index (χ1) is 32.4. The normalized spacial score (nSPS) is 39.0. The average Bonchev–Trinajstić information content (AvgIpc) is 3.30. The molecule has 16 heteroatoms. The number of cyclic esters (lactones) is 1. The molecule has 0 spiro atoms. The third-order valence-electron chi connectivity index (χ3n) is 14.8. The minimum Gasteiger partial charge on any atom is -0.460 e. The maximum Gasteiger partial charge on any atom is 0.329 e. The third kappa shape index (κ3) is 16.2. The highest BCUT2D eigenvalue weighted by Crippen LogP contribution is 2.45. The van der Waals surface area contributed by atoms with Crippen molar-refractivity contribution in [3.63, 3.8) is 0 Å². The van der Waals surface area contributed by atoms with Crippen LogP contribution >= 0.6 is 7.37 Å². The molecule has 0 aromatic carbocycles. The van der Waals surface area contributed by atoms with Crippen molar-refractivity contribution in [1.29, 1.82) is 0 Å². The Labute approximate surface area is 411 Å². The molecule has 2 N–H and O–H groups in total. The van der Waals surface area contributed by atoms with Gasteiger partial charge in [-0.05, 0) is 107 Å². The predicted molar refractivity (Wildman–Crippen MR) is 263 cm³/mol. The number of aliphatic hydroxyl groups is 2. The van der Waals surface area contributed by atoms with Gasteiger partial charge in [0.25, 0.3) is 11.7 Å². The van der Waals surface area contributed by atoms with Gasteiger partial charge in [-0.2, -0.15) is 0 Å². The summed E-state index contributed by atoms with van der Waals surface area (Å²) in [7, 11) is 1.76. The van der Waals surface area contributed by atoms with Crippen LogP contribution in [0.3, 0.4) is 0 Å². The van der Waals surface area contributed by atoms with E-state index in [0.717, 1.165) is 12.0 Å². The molecule has 1 unspecified atom stereocenters. The van der Waals surface area contributed by atoms with Gasteiger partial charge in [0, 0.05) is 71.8 Å². The van der Waals surface area contributed by atoms with Gasteiger partial charge in [-0.3, -0.25) is 23.7 Å². The van der Waals surface area contributed by atoms with Gasteiger partial charge in [-0.15, -0.1) is 0 Å². The van der Waals surface area contributed by atoms with Crippen molar-refractivity contribution in [1.82, 2.24) is 4.90 Å². The van der Waals surface area contributed by atoms with Crippen LogP contribution in [-0.2, 0) is 56.7 Å². The van der Waals surface area contributed by atoms with Gasteiger partial charge in [0.2, 0.25) is 5.79 Å². The number of Topliss-reactive ketones (excluding diaryl/α,β-unsaturated/α-hetero) is 3. The summed E-state index contributed by atoms with van der Waals surface area (Å²) in [5.41, 5.74) is 1.25. The topological polar surface area (TPSA) is 201 Å². The van der Waals surface area contributed by atoms with E-state index in [4.69, 9.17) is 28.2 Å². The number of hydrogen-bond acceptors (Lipinski definition) is 14. The Hall–Kier alpha value is -3.14. The van der Waals surface area contributed by atoms with E-state index in [9.17, 15) is 38.8 Å². The van der Waals surface area contributed by atoms with E-state index in [1.807, 2.05) is 58.1 Å². The minimum absolute atomic E-state index is 0.0117. The molecule has 390 valence electrons. The Morgan fingerprint density at radius 2 is 1.57 bits per heavy atom. The van der Waals surface area contributed by atoms with Crippen LogP contribution in [0.2, 0.25) is 0 Å². The molecule has 69 heavy (non-hydrogen) atoms. The van der Waals surface area contributed by atoms with Gasteiger partial charge in [0.1, 0.15) is 30.1 Å². The zero-order chi connectivity index (χ0) is 51.4. The van der Waals surface area contributed by atoms with Gasteiger partial charge < -0.3 is 43.3 Å². The quantitative estimate of drug-likeness (QED) is 0.104. The van der Waals surface area contributed by atoms with Crippen molar-refractivity contribution < 1.29 is 67.0 Å². The molecule has 0 radical (unpaired) electrons. The van der Waals surface area contributed by atoms with Crippen LogP contribution in [0.5, 0.6) is 0 Å². The smallest absolute Gasteiger partial charge is 0.329 e. The standard InChI is InChI=1S/C53H84NO14P/c1-32-18-14-13-15-19-33(2)44(63-8)30-40-23-21-38(7)53(61,67-40)50(58)51(59)54-25-17-16-20-41(54)52(60)66-45(35(4)28-39-22-24-43(46(29-39)64-9)68-69(11,12)62)31-42(55)34(3)27-37(6)48(57)49(65-10)47(56)36(5)26-32/h13-15,18-19,27,32,34-36,38-41,43-46,48-49,57,61H,16-17,20-26,28-31H2,1-12H3/b15-13+,18-14+,33-19+,37-27+/t32-,34-,35-,36-,38-,39+,40+,41+,43?,44+,45+,46-,48-,49+,53-/m1/s1. The summed E-state index contributed by atoms with van der Waals surface area (Å²) in [6, 6.07) is -1.16. The molecule has 15 atom stereocenters. The van der Waals surface area contributed by atoms with E-state index >= 15 is 0 Å². The van der Waals surface area contributed by atoms with Crippen molar-refractivity contribution in [3.8, 4) is 0 Å². The van der Waals surface area contributed by atoms with Gasteiger partial charge >= 0.3 is 5.97 Å². The van der Waals surface area contributed by atoms with E-state index in [-0.39, 0.29) is 60.9 Å². The molecule has 3 aliphatic heterocycles. The number of nitrogens with zero attached hydrogens (tertiary/aromatic N) is 1. The number of ketones is 3. The maximum absolute atomic E-state index is 14.5. The fourth-order valence-corrected chi connectivity index (χ4v) is 11.4. The molecule has 1 saturated carbocycles. The van der Waals surface area contributed by atoms with Crippen LogP contribution in [0.15, 0.2) is 47.6 Å². The van der Waals surface area contributed by atoms with Crippen molar-refractivity contribution in [2.24, 2.45) is 35.5 Å². The van der Waals surface area contributed by atoms with E-state index in [1.54, 1.807) is 54.4 Å². The zero-order valence-corrected chi connectivity index (χ0v) is 44.3. The van der Waals surface area contributed by atoms with E-state index in [1.165, 1.54) is 12.0 Å². The summed E-state index contributed by atoms with van der Waals surface area (Å²) in [6.45, 7) is 15.9. The van der Waals surface area contributed by atoms with Gasteiger partial charge in [-0.1, -0.05) is 71.1 Å². The summed E-state index contributed by atoms with van der Waals surface area (Å²) in [5, 5.41) is 23.5. The maximum atomic E-state index is 14.5. The lowest BCUT2D eigenvalue weighted by Crippen LogP contribution is -2.61. The van der Waals surface area contributed by atoms with Crippen LogP contribution in [0.1, 0.15) is 126 Å². The Bertz CT molecular complexity index is 1940. The van der Waals surface area contributed by atoms with Crippen molar-refractivity contribution in [3.05, 3.63) is 47.6 Å². The highest BCUT2D eigenvalue weighted by atomic mass is 31.2. The molecular formula is C53H84NO14P. The highest BCUT2D eigenvalue weighted by Gasteiger charge is 2.53. The predicted octanol–water partition coefficient (Wildman–Crippen LogP) is 7.74. The molecule has 1 amide bonds. The van der Waals surface area contributed by atoms with Crippen LogP contribution < -0.4 is 0 Å². The Morgan fingerprint density at radius 1 is 0.855 bits per heavy atom. The highest BCUT2D eigenvalue weighted by molar-refractivity contribution is 7.57. The van der Waals surface area contributed by atoms with Gasteiger partial charge in [0.15, 0.2) is 13.2 Å². The van der Waals surface area contributed by atoms with E-state index in [2.05, 4.69) is 0 Å². The minimum atomic E-state index is -2.79. The molecule has 0 aromatic rings. The van der Waals surface area contributed by atoms with E-state index in [0.29, 0.717) is 63.4 Å². The van der Waals surface area contributed by atoms with Crippen molar-refractivity contribution >= 4 is 36.6 Å². The SMILES string of the molecule is CO[C@H]1C[C@@H]2CC[C@@H](C)[C@@](O)(O2)C(=O)C(=O)N2CCCC[C@H]2C(=O)O[C@H]([C@H](C)C[C@@H]2CCC(OP(C)(C)=O)[C@H](OC)C2)CC(=O)[C@H](C)/C=C(\C)[C@@H](O)[C@@H](OC)C(=O)[C@H](C)C[C@H](C)/C=C/C=C/C=C/1C. The monoisotopic (exact) mass is 990 g/mol. The van der Waals surface area contributed by atoms with Crippen molar-refractivity contribution in [2.75, 3.05) is 41.2 Å². The second kappa shape index (κ2) is 26.5. The van der Waals surface area contributed by atoms with Crippen LogP contribution in [0.25, 0.3) is 0 Å². The molecule has 2 saturated heterocycles.